The molecule has 0 aliphatic carbocycles. The number of benzene rings is 5. The minimum atomic E-state index is -0.0785. The van der Waals surface area contributed by atoms with Crippen LogP contribution in [0, 0.1) is 0 Å². The van der Waals surface area contributed by atoms with Gasteiger partial charge in [0.15, 0.2) is 0 Å². The van der Waals surface area contributed by atoms with E-state index in [0.717, 1.165) is 31.4 Å². The van der Waals surface area contributed by atoms with E-state index in [0.29, 0.717) is 0 Å². The van der Waals surface area contributed by atoms with Gasteiger partial charge in [-0.15, -0.1) is 0 Å². The monoisotopic (exact) mass is 639 g/mol. The number of aryl methyl sites for hydroxylation is 1. The van der Waals surface area contributed by atoms with Gasteiger partial charge < -0.3 is 0 Å². The van der Waals surface area contributed by atoms with Crippen LogP contribution in [0.3, 0.4) is 0 Å². The molecule has 1 unspecified atom stereocenters. The van der Waals surface area contributed by atoms with Crippen LogP contribution >= 0.6 is 0 Å². The Hall–Kier alpha value is -5.01. The fourth-order valence-corrected chi connectivity index (χ4v) is 6.75. The molecule has 1 atom stereocenters. The van der Waals surface area contributed by atoms with Crippen molar-refractivity contribution in [3.63, 3.8) is 0 Å². The second-order valence-electron chi connectivity index (χ2n) is 13.5. The van der Waals surface area contributed by atoms with Crippen LogP contribution in [-0.4, -0.2) is 4.98 Å². The predicted octanol–water partition coefficient (Wildman–Crippen LogP) is 13.8. The molecule has 246 valence electrons. The van der Waals surface area contributed by atoms with Gasteiger partial charge in [-0.25, -0.2) is 0 Å². The molecule has 5 aromatic carbocycles. The first-order valence-corrected chi connectivity index (χ1v) is 18.2. The lowest BCUT2D eigenvalue weighted by Gasteiger charge is -2.28. The molecule has 6 aromatic rings. The van der Waals surface area contributed by atoms with Gasteiger partial charge in [-0.05, 0) is 124 Å². The third kappa shape index (κ3) is 8.01. The van der Waals surface area contributed by atoms with Crippen molar-refractivity contribution >= 4 is 0 Å². The molecule has 0 bridgehead atoms. The molecule has 0 aliphatic heterocycles. The summed E-state index contributed by atoms with van der Waals surface area (Å²) in [5.74, 6) is 0. The molecule has 6 rings (SSSR count). The van der Waals surface area contributed by atoms with Gasteiger partial charge in [-0.3, -0.25) is 4.98 Å². The number of pyridine rings is 1. The maximum atomic E-state index is 4.83. The molecule has 0 N–H and O–H groups in total. The Balaban J connectivity index is 1.43. The van der Waals surface area contributed by atoms with E-state index in [-0.39, 0.29) is 5.41 Å². The molecule has 1 nitrogen and oxygen atoms in total. The number of hydrogen-bond acceptors (Lipinski definition) is 1. The smallest absolute Gasteiger partial charge is 0.0705 e. The largest absolute Gasteiger partial charge is 0.256 e. The zero-order valence-corrected chi connectivity index (χ0v) is 29.6. The van der Waals surface area contributed by atoms with Gasteiger partial charge in [0.2, 0.25) is 0 Å². The fourth-order valence-electron chi connectivity index (χ4n) is 6.75. The van der Waals surface area contributed by atoms with Gasteiger partial charge >= 0.3 is 0 Å². The van der Waals surface area contributed by atoms with Gasteiger partial charge in [0.1, 0.15) is 0 Å². The molecule has 0 aliphatic rings. The highest BCUT2D eigenvalue weighted by atomic mass is 14.7. The second kappa shape index (κ2) is 15.9. The van der Waals surface area contributed by atoms with Crippen LogP contribution in [0.1, 0.15) is 70.9 Å². The van der Waals surface area contributed by atoms with E-state index >= 15 is 0 Å². The predicted molar refractivity (Wildman–Crippen MR) is 212 cm³/mol. The fraction of sp³-hybridized carbons (Fsp3) is 0.229. The zero-order chi connectivity index (χ0) is 34.1. The molecule has 0 saturated heterocycles. The van der Waals surface area contributed by atoms with Crippen molar-refractivity contribution < 1.29 is 0 Å². The van der Waals surface area contributed by atoms with Crippen molar-refractivity contribution in [2.45, 2.75) is 71.6 Å². The summed E-state index contributed by atoms with van der Waals surface area (Å²) in [6.45, 7) is 9.13. The summed E-state index contributed by atoms with van der Waals surface area (Å²) in [5, 5.41) is 0. The lowest BCUT2D eigenvalue weighted by Crippen LogP contribution is -2.19. The molecule has 1 heteroatoms. The van der Waals surface area contributed by atoms with Crippen LogP contribution in [0.2, 0.25) is 0 Å². The van der Waals surface area contributed by atoms with Crippen LogP contribution in [0.4, 0.5) is 0 Å². The Morgan fingerprint density at radius 1 is 0.551 bits per heavy atom. The van der Waals surface area contributed by atoms with Crippen molar-refractivity contribution in [3.8, 4) is 55.8 Å². The molecule has 1 heterocycles. The Morgan fingerprint density at radius 3 is 1.80 bits per heavy atom. The van der Waals surface area contributed by atoms with Crippen molar-refractivity contribution in [1.82, 2.24) is 4.98 Å². The van der Waals surface area contributed by atoms with E-state index in [9.17, 15) is 0 Å². The SMILES string of the molecule is CCC/C=C\C(C)(CC)c1ccc(-c2cccc(-c3cc(-c4ccccc4)cc(-c4ccc(CCCC)cc4)c3)c2)cc1-c1ccccn1. The van der Waals surface area contributed by atoms with Gasteiger partial charge in [0.05, 0.1) is 5.69 Å². The lowest BCUT2D eigenvalue weighted by atomic mass is 9.76. The Kier molecular flexibility index (Phi) is 11.0. The molecule has 0 saturated carbocycles. The maximum absolute atomic E-state index is 4.83. The van der Waals surface area contributed by atoms with Crippen LogP contribution in [-0.2, 0) is 11.8 Å². The third-order valence-electron chi connectivity index (χ3n) is 9.93. The summed E-state index contributed by atoms with van der Waals surface area (Å²) in [7, 11) is 0. The third-order valence-corrected chi connectivity index (χ3v) is 9.93. The van der Waals surface area contributed by atoms with E-state index in [1.165, 1.54) is 74.0 Å². The number of nitrogens with zero attached hydrogens (tertiary/aromatic N) is 1. The summed E-state index contributed by atoms with van der Waals surface area (Å²) in [6, 6.07) is 49.2. The summed E-state index contributed by atoms with van der Waals surface area (Å²) in [6.07, 6.45) is 13.5. The second-order valence-corrected chi connectivity index (χ2v) is 13.5. The van der Waals surface area contributed by atoms with Crippen LogP contribution in [0.25, 0.3) is 55.8 Å². The van der Waals surface area contributed by atoms with Crippen molar-refractivity contribution in [2.24, 2.45) is 0 Å². The summed E-state index contributed by atoms with van der Waals surface area (Å²) in [5.41, 5.74) is 14.6. The quantitative estimate of drug-likeness (QED) is 0.115. The maximum Gasteiger partial charge on any atom is 0.0705 e. The highest BCUT2D eigenvalue weighted by Crippen LogP contribution is 2.40. The molecule has 0 fully saturated rings. The first-order valence-electron chi connectivity index (χ1n) is 18.2. The standard InChI is InChI=1S/C48H49N/c1-5-8-14-29-48(4,7-3)46-28-27-41(35-45(46)47-22-13-15-30-49-47)39-20-16-21-40(31-39)44-33-42(37-18-11-10-12-19-37)32-43(34-44)38-25-23-36(24-26-38)17-9-6-2/h10-16,18-35H,5-9,17H2,1-4H3/b29-14-. The van der Waals surface area contributed by atoms with E-state index in [4.69, 9.17) is 4.98 Å². The van der Waals surface area contributed by atoms with E-state index < -0.39 is 0 Å². The van der Waals surface area contributed by atoms with Crippen molar-refractivity contribution in [2.75, 3.05) is 0 Å². The first-order chi connectivity index (χ1) is 24.0. The van der Waals surface area contributed by atoms with Gasteiger partial charge in [-0.2, -0.15) is 0 Å². The molecule has 0 radical (unpaired) electrons. The normalized spacial score (nSPS) is 12.7. The average Bonchev–Trinajstić information content (AvgIpc) is 3.17. The molecule has 1 aromatic heterocycles. The molecule has 0 spiro atoms. The minimum absolute atomic E-state index is 0.0785. The number of hydrogen-bond donors (Lipinski definition) is 0. The van der Waals surface area contributed by atoms with Crippen LogP contribution in [0.15, 0.2) is 152 Å². The number of allylic oxidation sites excluding steroid dienone is 2. The Morgan fingerprint density at radius 2 is 1.14 bits per heavy atom. The van der Waals surface area contributed by atoms with Crippen LogP contribution < -0.4 is 0 Å². The van der Waals surface area contributed by atoms with E-state index in [1.54, 1.807) is 0 Å². The highest BCUT2D eigenvalue weighted by Gasteiger charge is 2.25. The minimum Gasteiger partial charge on any atom is -0.256 e. The highest BCUT2D eigenvalue weighted by molar-refractivity contribution is 5.84. The van der Waals surface area contributed by atoms with Gasteiger partial charge in [0, 0.05) is 17.2 Å². The first kappa shape index (κ1) is 33.9. The number of unbranched alkanes of at least 4 members (excludes halogenated alkanes) is 2. The Bertz CT molecular complexity index is 1990. The Labute approximate surface area is 294 Å². The summed E-state index contributed by atoms with van der Waals surface area (Å²) >= 11 is 0. The number of rotatable bonds is 13. The van der Waals surface area contributed by atoms with Crippen LogP contribution in [0.5, 0.6) is 0 Å². The molecular weight excluding hydrogens is 591 g/mol. The van der Waals surface area contributed by atoms with E-state index in [2.05, 4.69) is 167 Å². The molecule has 49 heavy (non-hydrogen) atoms. The molecular formula is C48H49N. The van der Waals surface area contributed by atoms with E-state index in [1.807, 2.05) is 12.3 Å². The van der Waals surface area contributed by atoms with Crippen molar-refractivity contribution in [1.29, 1.82) is 0 Å². The van der Waals surface area contributed by atoms with Gasteiger partial charge in [-0.1, -0.05) is 144 Å². The lowest BCUT2D eigenvalue weighted by molar-refractivity contribution is 0.571. The van der Waals surface area contributed by atoms with Crippen molar-refractivity contribution in [3.05, 3.63) is 163 Å². The topological polar surface area (TPSA) is 12.9 Å². The summed E-state index contributed by atoms with van der Waals surface area (Å²) < 4.78 is 0. The zero-order valence-electron chi connectivity index (χ0n) is 29.6. The molecule has 0 amide bonds. The van der Waals surface area contributed by atoms with Gasteiger partial charge in [0.25, 0.3) is 0 Å². The summed E-state index contributed by atoms with van der Waals surface area (Å²) in [4.78, 5) is 4.83. The average molecular weight is 640 g/mol. The number of aromatic nitrogens is 1.